The number of benzene rings is 4. The van der Waals surface area contributed by atoms with Gasteiger partial charge in [0.05, 0.1) is 17.1 Å². The number of carbonyl (C=O) groups is 1. The molecule has 4 aromatic carbocycles. The highest BCUT2D eigenvalue weighted by Crippen LogP contribution is 2.20. The van der Waals surface area contributed by atoms with Crippen molar-refractivity contribution in [1.82, 2.24) is 9.36 Å². The fourth-order valence-electron chi connectivity index (χ4n) is 4.74. The first-order valence-electron chi connectivity index (χ1n) is 13.6. The third-order valence-electron chi connectivity index (χ3n) is 7.12. The summed E-state index contributed by atoms with van der Waals surface area (Å²) in [7, 11) is 1.80. The zero-order chi connectivity index (χ0) is 28.8. The third-order valence-corrected chi connectivity index (χ3v) is 7.12. The Morgan fingerprint density at radius 2 is 1.59 bits per heavy atom. The number of aliphatic imine (C=N–C) groups is 1. The summed E-state index contributed by atoms with van der Waals surface area (Å²) in [5, 5.41) is 2.82. The average molecular weight is 544 g/mol. The maximum Gasteiger partial charge on any atom is 0.295 e. The van der Waals surface area contributed by atoms with Gasteiger partial charge in [-0.15, -0.1) is 0 Å². The fraction of sp³-hybridized carbons (Fsp3) is 0.147. The van der Waals surface area contributed by atoms with E-state index in [9.17, 15) is 9.59 Å². The Hall–Kier alpha value is -5.17. The van der Waals surface area contributed by atoms with Crippen molar-refractivity contribution >= 4 is 29.2 Å². The number of aromatic nitrogens is 2. The summed E-state index contributed by atoms with van der Waals surface area (Å²) in [5.41, 5.74) is 5.80. The molecule has 1 aromatic heterocycles. The van der Waals surface area contributed by atoms with Crippen LogP contribution in [0.25, 0.3) is 5.69 Å². The van der Waals surface area contributed by atoms with E-state index in [0.29, 0.717) is 16.9 Å². The number of anilines is 2. The van der Waals surface area contributed by atoms with Crippen molar-refractivity contribution < 1.29 is 4.79 Å². The van der Waals surface area contributed by atoms with Crippen LogP contribution in [-0.2, 0) is 13.6 Å². The SMILES string of the molecule is CCN(Cc1ccccc1)c1ccc(C=Nc2cccc(C(=O)Nc3c(C)n(C)n(-c4ccccc4)c3=O)c2)cc1. The second-order valence-corrected chi connectivity index (χ2v) is 9.79. The van der Waals surface area contributed by atoms with Crippen LogP contribution >= 0.6 is 0 Å². The van der Waals surface area contributed by atoms with Crippen LogP contribution in [0.4, 0.5) is 17.1 Å². The molecule has 0 saturated heterocycles. The molecule has 0 fully saturated rings. The van der Waals surface area contributed by atoms with E-state index in [4.69, 9.17) is 0 Å². The molecular weight excluding hydrogens is 510 g/mol. The van der Waals surface area contributed by atoms with E-state index in [0.717, 1.165) is 30.0 Å². The molecule has 0 radical (unpaired) electrons. The van der Waals surface area contributed by atoms with Crippen LogP contribution < -0.4 is 15.8 Å². The zero-order valence-corrected chi connectivity index (χ0v) is 23.5. The molecule has 7 heteroatoms. The normalized spacial score (nSPS) is 11.1. The molecule has 0 aliphatic heterocycles. The van der Waals surface area contributed by atoms with Crippen LogP contribution in [0.3, 0.4) is 0 Å². The van der Waals surface area contributed by atoms with Crippen molar-refractivity contribution in [2.24, 2.45) is 12.0 Å². The Morgan fingerprint density at radius 3 is 2.27 bits per heavy atom. The Morgan fingerprint density at radius 1 is 0.902 bits per heavy atom. The zero-order valence-electron chi connectivity index (χ0n) is 23.5. The number of hydrogen-bond acceptors (Lipinski definition) is 4. The largest absolute Gasteiger partial charge is 0.367 e. The number of nitrogens with zero attached hydrogens (tertiary/aromatic N) is 4. The lowest BCUT2D eigenvalue weighted by Gasteiger charge is -2.23. The number of nitrogens with one attached hydrogen (secondary N) is 1. The van der Waals surface area contributed by atoms with Gasteiger partial charge in [-0.25, -0.2) is 4.68 Å². The van der Waals surface area contributed by atoms with E-state index in [-0.39, 0.29) is 17.2 Å². The van der Waals surface area contributed by atoms with Gasteiger partial charge in [-0.3, -0.25) is 19.3 Å². The highest BCUT2D eigenvalue weighted by molar-refractivity contribution is 6.05. The van der Waals surface area contributed by atoms with Gasteiger partial charge in [-0.2, -0.15) is 0 Å². The summed E-state index contributed by atoms with van der Waals surface area (Å²) in [6, 6.07) is 35.1. The van der Waals surface area contributed by atoms with Gasteiger partial charge in [0.25, 0.3) is 11.5 Å². The van der Waals surface area contributed by atoms with Crippen LogP contribution in [0.2, 0.25) is 0 Å². The summed E-state index contributed by atoms with van der Waals surface area (Å²) in [4.78, 5) is 33.2. The second-order valence-electron chi connectivity index (χ2n) is 9.79. The van der Waals surface area contributed by atoms with E-state index >= 15 is 0 Å². The summed E-state index contributed by atoms with van der Waals surface area (Å²) in [5.74, 6) is -0.365. The minimum atomic E-state index is -0.365. The van der Waals surface area contributed by atoms with Crippen LogP contribution in [0.15, 0.2) is 119 Å². The Bertz CT molecular complexity index is 1720. The summed E-state index contributed by atoms with van der Waals surface area (Å²) in [6.45, 7) is 5.71. The highest BCUT2D eigenvalue weighted by atomic mass is 16.2. The average Bonchev–Trinajstić information content (AvgIpc) is 3.22. The Labute approximate surface area is 240 Å². The molecule has 0 unspecified atom stereocenters. The quantitative estimate of drug-likeness (QED) is 0.215. The fourth-order valence-corrected chi connectivity index (χ4v) is 4.74. The number of hydrogen-bond donors (Lipinski definition) is 1. The molecule has 41 heavy (non-hydrogen) atoms. The van der Waals surface area contributed by atoms with Crippen molar-refractivity contribution in [1.29, 1.82) is 0 Å². The molecule has 1 heterocycles. The molecule has 0 aliphatic rings. The van der Waals surface area contributed by atoms with Crippen LogP contribution in [0.1, 0.15) is 34.1 Å². The molecule has 5 aromatic rings. The van der Waals surface area contributed by atoms with E-state index in [1.165, 1.54) is 5.56 Å². The first-order chi connectivity index (χ1) is 19.9. The van der Waals surface area contributed by atoms with Crippen molar-refractivity contribution in [3.63, 3.8) is 0 Å². The highest BCUT2D eigenvalue weighted by Gasteiger charge is 2.19. The smallest absolute Gasteiger partial charge is 0.295 e. The van der Waals surface area contributed by atoms with E-state index in [1.807, 2.05) is 61.5 Å². The van der Waals surface area contributed by atoms with Gasteiger partial charge in [-0.05, 0) is 67.4 Å². The molecule has 0 saturated carbocycles. The molecule has 0 spiro atoms. The Kier molecular flexibility index (Phi) is 8.25. The van der Waals surface area contributed by atoms with Crippen LogP contribution in [-0.4, -0.2) is 28.0 Å². The van der Waals surface area contributed by atoms with Gasteiger partial charge in [0.15, 0.2) is 0 Å². The maximum absolute atomic E-state index is 13.2. The number of carbonyl (C=O) groups excluding carboxylic acids is 1. The summed E-state index contributed by atoms with van der Waals surface area (Å²) < 4.78 is 3.28. The van der Waals surface area contributed by atoms with E-state index in [1.54, 1.807) is 40.8 Å². The summed E-state index contributed by atoms with van der Waals surface area (Å²) in [6.07, 6.45) is 1.79. The number of amides is 1. The van der Waals surface area contributed by atoms with Crippen molar-refractivity contribution in [2.75, 3.05) is 16.8 Å². The van der Waals surface area contributed by atoms with Crippen LogP contribution in [0.5, 0.6) is 0 Å². The van der Waals surface area contributed by atoms with Gasteiger partial charge in [-0.1, -0.05) is 66.7 Å². The maximum atomic E-state index is 13.2. The Balaban J connectivity index is 1.28. The van der Waals surface area contributed by atoms with Gasteiger partial charge in [0, 0.05) is 37.6 Å². The minimum absolute atomic E-state index is 0.253. The van der Waals surface area contributed by atoms with Crippen molar-refractivity contribution in [3.05, 3.63) is 142 Å². The molecule has 5 rings (SSSR count). The number of para-hydroxylation sites is 1. The van der Waals surface area contributed by atoms with Gasteiger partial charge >= 0.3 is 0 Å². The molecule has 0 bridgehead atoms. The monoisotopic (exact) mass is 543 g/mol. The predicted octanol–water partition coefficient (Wildman–Crippen LogP) is 6.51. The van der Waals surface area contributed by atoms with Crippen molar-refractivity contribution in [3.8, 4) is 5.69 Å². The molecule has 0 aliphatic carbocycles. The van der Waals surface area contributed by atoms with Gasteiger partial charge in [0.2, 0.25) is 0 Å². The van der Waals surface area contributed by atoms with E-state index in [2.05, 4.69) is 58.5 Å². The van der Waals surface area contributed by atoms with Crippen molar-refractivity contribution in [2.45, 2.75) is 20.4 Å². The lowest BCUT2D eigenvalue weighted by molar-refractivity contribution is 0.102. The molecule has 0 atom stereocenters. The molecule has 206 valence electrons. The van der Waals surface area contributed by atoms with Gasteiger partial charge in [0.1, 0.15) is 5.69 Å². The lowest BCUT2D eigenvalue weighted by Crippen LogP contribution is -2.22. The van der Waals surface area contributed by atoms with Gasteiger partial charge < -0.3 is 10.2 Å². The molecular formula is C34H33N5O2. The summed E-state index contributed by atoms with van der Waals surface area (Å²) >= 11 is 0. The standard InChI is InChI=1S/C34H33N5O2/c1-4-38(24-27-12-7-5-8-13-27)30-20-18-26(19-21-30)23-35-29-15-11-14-28(22-29)33(40)36-32-25(2)37(3)39(34(32)41)31-16-9-6-10-17-31/h5-23H,4,24H2,1-3H3,(H,36,40). The molecule has 1 N–H and O–H groups in total. The topological polar surface area (TPSA) is 71.6 Å². The second kappa shape index (κ2) is 12.3. The minimum Gasteiger partial charge on any atom is -0.367 e. The molecule has 1 amide bonds. The first kappa shape index (κ1) is 27.4. The third kappa shape index (κ3) is 6.20. The molecule has 7 nitrogen and oxygen atoms in total. The lowest BCUT2D eigenvalue weighted by atomic mass is 10.1. The van der Waals surface area contributed by atoms with E-state index < -0.39 is 0 Å². The predicted molar refractivity (Wildman–Crippen MR) is 167 cm³/mol. The number of rotatable bonds is 9. The first-order valence-corrected chi connectivity index (χ1v) is 13.6. The van der Waals surface area contributed by atoms with Crippen LogP contribution in [0, 0.1) is 6.92 Å².